The molecule has 2 rings (SSSR count). The average molecular weight is 308 g/mol. The third kappa shape index (κ3) is 4.29. The number of hydrogen-bond donors (Lipinski definition) is 0. The van der Waals surface area contributed by atoms with Crippen LogP contribution in [0.5, 0.6) is 0 Å². The minimum atomic E-state index is 0.0707. The van der Waals surface area contributed by atoms with Gasteiger partial charge < -0.3 is 14.3 Å². The van der Waals surface area contributed by atoms with Crippen LogP contribution >= 0.6 is 0 Å². The van der Waals surface area contributed by atoms with Gasteiger partial charge in [-0.15, -0.1) is 0 Å². The van der Waals surface area contributed by atoms with E-state index in [-0.39, 0.29) is 17.7 Å². The second-order valence-electron chi connectivity index (χ2n) is 5.94. The summed E-state index contributed by atoms with van der Waals surface area (Å²) in [5.74, 6) is 1.55. The normalized spacial score (nSPS) is 16.0. The largest absolute Gasteiger partial charge is 0.341 e. The first kappa shape index (κ1) is 16.5. The molecule has 2 heterocycles. The number of amides is 2. The van der Waals surface area contributed by atoms with Gasteiger partial charge in [-0.3, -0.25) is 9.59 Å². The molecule has 7 heteroatoms. The van der Waals surface area contributed by atoms with E-state index in [1.807, 2.05) is 18.7 Å². The summed E-state index contributed by atoms with van der Waals surface area (Å²) in [7, 11) is 0. The summed E-state index contributed by atoms with van der Waals surface area (Å²) in [4.78, 5) is 31.6. The lowest BCUT2D eigenvalue weighted by atomic mass is 10.2. The molecule has 0 bridgehead atoms. The molecule has 0 N–H and O–H groups in total. The number of rotatable bonds is 4. The van der Waals surface area contributed by atoms with Crippen LogP contribution in [0.3, 0.4) is 0 Å². The molecule has 1 aliphatic rings. The molecule has 122 valence electrons. The van der Waals surface area contributed by atoms with Crippen LogP contribution < -0.4 is 0 Å². The molecule has 1 aromatic rings. The standard InChI is InChI=1S/C15H24N4O3/c1-11(2)15-16-13(22-17-15)5-6-14(21)19-8-4-7-18(9-10-19)12(3)20/h11H,4-10H2,1-3H3. The van der Waals surface area contributed by atoms with Gasteiger partial charge in [0.05, 0.1) is 0 Å². The molecular weight excluding hydrogens is 284 g/mol. The highest BCUT2D eigenvalue weighted by atomic mass is 16.5. The number of aromatic nitrogens is 2. The van der Waals surface area contributed by atoms with Crippen LogP contribution in [0.15, 0.2) is 4.52 Å². The molecule has 0 aromatic carbocycles. The molecule has 1 saturated heterocycles. The predicted octanol–water partition coefficient (Wildman–Crippen LogP) is 1.21. The topological polar surface area (TPSA) is 79.5 Å². The first-order valence-corrected chi connectivity index (χ1v) is 7.83. The van der Waals surface area contributed by atoms with Crippen molar-refractivity contribution in [3.63, 3.8) is 0 Å². The van der Waals surface area contributed by atoms with Crippen LogP contribution in [-0.2, 0) is 16.0 Å². The molecule has 1 fully saturated rings. The zero-order valence-corrected chi connectivity index (χ0v) is 13.5. The van der Waals surface area contributed by atoms with E-state index in [0.717, 1.165) is 13.0 Å². The maximum absolute atomic E-state index is 12.3. The van der Waals surface area contributed by atoms with Crippen LogP contribution in [0.2, 0.25) is 0 Å². The summed E-state index contributed by atoms with van der Waals surface area (Å²) in [6, 6.07) is 0. The van der Waals surface area contributed by atoms with Crippen LogP contribution in [0.1, 0.15) is 51.2 Å². The zero-order valence-electron chi connectivity index (χ0n) is 13.5. The summed E-state index contributed by atoms with van der Waals surface area (Å²) in [5, 5.41) is 3.90. The van der Waals surface area contributed by atoms with Gasteiger partial charge in [0.15, 0.2) is 5.82 Å². The Morgan fingerprint density at radius 1 is 1.18 bits per heavy atom. The van der Waals surface area contributed by atoms with Crippen molar-refractivity contribution in [3.8, 4) is 0 Å². The molecule has 1 aromatic heterocycles. The van der Waals surface area contributed by atoms with E-state index >= 15 is 0 Å². The van der Waals surface area contributed by atoms with E-state index in [9.17, 15) is 9.59 Å². The van der Waals surface area contributed by atoms with Gasteiger partial charge >= 0.3 is 0 Å². The van der Waals surface area contributed by atoms with Crippen LogP contribution in [0, 0.1) is 0 Å². The third-order valence-electron chi connectivity index (χ3n) is 3.85. The minimum Gasteiger partial charge on any atom is -0.341 e. The van der Waals surface area contributed by atoms with Crippen molar-refractivity contribution in [2.45, 2.75) is 46.0 Å². The van der Waals surface area contributed by atoms with Gasteiger partial charge in [0.2, 0.25) is 17.7 Å². The Morgan fingerprint density at radius 2 is 1.86 bits per heavy atom. The summed E-state index contributed by atoms with van der Waals surface area (Å²) >= 11 is 0. The van der Waals surface area contributed by atoms with E-state index in [1.54, 1.807) is 11.8 Å². The van der Waals surface area contributed by atoms with Crippen molar-refractivity contribution < 1.29 is 14.1 Å². The van der Waals surface area contributed by atoms with Crippen LogP contribution in [0.25, 0.3) is 0 Å². The Labute approximate surface area is 130 Å². The molecule has 1 aliphatic heterocycles. The van der Waals surface area contributed by atoms with Crippen LogP contribution in [-0.4, -0.2) is 57.9 Å². The second-order valence-corrected chi connectivity index (χ2v) is 5.94. The van der Waals surface area contributed by atoms with Crippen LogP contribution in [0.4, 0.5) is 0 Å². The lowest BCUT2D eigenvalue weighted by molar-refractivity contribution is -0.132. The molecule has 7 nitrogen and oxygen atoms in total. The number of aryl methyl sites for hydroxylation is 1. The molecule has 2 amide bonds. The van der Waals surface area contributed by atoms with Crippen molar-refractivity contribution in [1.29, 1.82) is 0 Å². The van der Waals surface area contributed by atoms with E-state index in [4.69, 9.17) is 4.52 Å². The lowest BCUT2D eigenvalue weighted by Crippen LogP contribution is -2.36. The Bertz CT molecular complexity index is 527. The van der Waals surface area contributed by atoms with Gasteiger partial charge in [-0.2, -0.15) is 4.98 Å². The first-order valence-electron chi connectivity index (χ1n) is 7.83. The highest BCUT2D eigenvalue weighted by Gasteiger charge is 2.20. The maximum atomic E-state index is 12.3. The number of carbonyl (C=O) groups is 2. The quantitative estimate of drug-likeness (QED) is 0.835. The molecule has 22 heavy (non-hydrogen) atoms. The summed E-state index contributed by atoms with van der Waals surface area (Å²) in [5.41, 5.74) is 0. The number of nitrogens with zero attached hydrogens (tertiary/aromatic N) is 4. The van der Waals surface area contributed by atoms with E-state index < -0.39 is 0 Å². The molecule has 0 spiro atoms. The van der Waals surface area contributed by atoms with Crippen molar-refractivity contribution in [2.75, 3.05) is 26.2 Å². The van der Waals surface area contributed by atoms with E-state index in [2.05, 4.69) is 10.1 Å². The Hall–Kier alpha value is -1.92. The monoisotopic (exact) mass is 308 g/mol. The highest BCUT2D eigenvalue weighted by molar-refractivity contribution is 5.77. The molecule has 0 unspecified atom stereocenters. The maximum Gasteiger partial charge on any atom is 0.227 e. The van der Waals surface area contributed by atoms with Gasteiger partial charge in [0.1, 0.15) is 0 Å². The Kier molecular flexibility index (Phi) is 5.51. The third-order valence-corrected chi connectivity index (χ3v) is 3.85. The average Bonchev–Trinajstić information content (AvgIpc) is 2.80. The van der Waals surface area contributed by atoms with Gasteiger partial charge in [0, 0.05) is 51.9 Å². The fraction of sp³-hybridized carbons (Fsp3) is 0.733. The SMILES string of the molecule is CC(=O)N1CCCN(C(=O)CCc2nc(C(C)C)no2)CC1. The second kappa shape index (κ2) is 7.38. The van der Waals surface area contributed by atoms with Crippen molar-refractivity contribution in [2.24, 2.45) is 0 Å². The lowest BCUT2D eigenvalue weighted by Gasteiger charge is -2.21. The molecule has 0 atom stereocenters. The Balaban J connectivity index is 1.82. The predicted molar refractivity (Wildman–Crippen MR) is 80.2 cm³/mol. The fourth-order valence-electron chi connectivity index (χ4n) is 2.46. The fourth-order valence-corrected chi connectivity index (χ4v) is 2.46. The molecule has 0 aliphatic carbocycles. The van der Waals surface area contributed by atoms with Gasteiger partial charge in [-0.05, 0) is 6.42 Å². The zero-order chi connectivity index (χ0) is 16.1. The summed E-state index contributed by atoms with van der Waals surface area (Å²) in [6.45, 7) is 8.19. The van der Waals surface area contributed by atoms with Gasteiger partial charge in [0.25, 0.3) is 0 Å². The van der Waals surface area contributed by atoms with Crippen molar-refractivity contribution in [3.05, 3.63) is 11.7 Å². The molecule has 0 saturated carbocycles. The number of carbonyl (C=O) groups excluding carboxylic acids is 2. The Morgan fingerprint density at radius 3 is 2.50 bits per heavy atom. The summed E-state index contributed by atoms with van der Waals surface area (Å²) in [6.07, 6.45) is 1.65. The van der Waals surface area contributed by atoms with E-state index in [0.29, 0.717) is 44.2 Å². The highest BCUT2D eigenvalue weighted by Crippen LogP contribution is 2.12. The van der Waals surface area contributed by atoms with E-state index in [1.165, 1.54) is 0 Å². The van der Waals surface area contributed by atoms with Crippen molar-refractivity contribution >= 4 is 11.8 Å². The first-order chi connectivity index (χ1) is 10.5. The minimum absolute atomic E-state index is 0.0707. The molecule has 0 radical (unpaired) electrons. The number of hydrogen-bond acceptors (Lipinski definition) is 5. The summed E-state index contributed by atoms with van der Waals surface area (Å²) < 4.78 is 5.15. The van der Waals surface area contributed by atoms with Gasteiger partial charge in [-0.25, -0.2) is 0 Å². The van der Waals surface area contributed by atoms with Gasteiger partial charge in [-0.1, -0.05) is 19.0 Å². The van der Waals surface area contributed by atoms with Crippen molar-refractivity contribution in [1.82, 2.24) is 19.9 Å². The smallest absolute Gasteiger partial charge is 0.227 e. The molecular formula is C15H24N4O3.